The van der Waals surface area contributed by atoms with E-state index < -0.39 is 0 Å². The first-order valence-electron chi connectivity index (χ1n) is 19.4. The molecule has 8 fully saturated rings. The third-order valence-corrected chi connectivity index (χ3v) is 17.4. The van der Waals surface area contributed by atoms with Gasteiger partial charge >= 0.3 is 0 Å². The normalized spacial score (nSPS) is 50.6. The maximum Gasteiger partial charge on any atom is 0.0974 e. The number of para-hydroxylation sites is 1. The van der Waals surface area contributed by atoms with E-state index in [9.17, 15) is 0 Å². The Balaban J connectivity index is 1.01. The minimum atomic E-state index is 0.0771. The molecule has 248 valence electrons. The van der Waals surface area contributed by atoms with E-state index in [1.165, 1.54) is 75.8 Å². The molecule has 0 amide bonds. The van der Waals surface area contributed by atoms with E-state index in [1.807, 2.05) is 0 Å². The van der Waals surface area contributed by atoms with Gasteiger partial charge in [-0.1, -0.05) is 44.2 Å². The van der Waals surface area contributed by atoms with Crippen LogP contribution >= 0.6 is 0 Å². The Morgan fingerprint density at radius 3 is 2.26 bits per heavy atom. The van der Waals surface area contributed by atoms with Crippen LogP contribution in [0, 0.1) is 10.8 Å². The molecule has 12 atom stereocenters. The number of anilines is 2. The van der Waals surface area contributed by atoms with Crippen molar-refractivity contribution in [1.82, 2.24) is 9.80 Å². The number of ether oxygens (including phenoxy) is 2. The van der Waals surface area contributed by atoms with Crippen LogP contribution in [0.1, 0.15) is 81.9 Å². The summed E-state index contributed by atoms with van der Waals surface area (Å²) in [6.07, 6.45) is 13.3. The van der Waals surface area contributed by atoms with E-state index in [0.717, 1.165) is 19.5 Å². The quantitative estimate of drug-likeness (QED) is 0.415. The van der Waals surface area contributed by atoms with Crippen molar-refractivity contribution >= 4 is 11.4 Å². The van der Waals surface area contributed by atoms with Gasteiger partial charge in [0.1, 0.15) is 0 Å². The Labute approximate surface area is 280 Å². The van der Waals surface area contributed by atoms with Gasteiger partial charge in [-0.15, -0.1) is 0 Å². The summed E-state index contributed by atoms with van der Waals surface area (Å²) in [5.74, 6) is 0. The van der Waals surface area contributed by atoms with Crippen LogP contribution in [0.3, 0.4) is 0 Å². The number of piperidine rings is 2. The molecule has 8 aliphatic heterocycles. The fraction of sp³-hybridized carbons (Fsp3) is 0.707. The molecule has 2 aromatic carbocycles. The van der Waals surface area contributed by atoms with Gasteiger partial charge in [0.25, 0.3) is 0 Å². The van der Waals surface area contributed by atoms with Crippen LogP contribution < -0.4 is 9.80 Å². The first-order chi connectivity index (χ1) is 22.9. The lowest BCUT2D eigenvalue weighted by atomic mass is 9.46. The molecule has 12 rings (SSSR count). The molecule has 6 nitrogen and oxygen atoms in total. The highest BCUT2D eigenvalue weighted by Crippen LogP contribution is 2.73. The lowest BCUT2D eigenvalue weighted by Gasteiger charge is -2.62. The number of likely N-dealkylation sites (N-methyl/N-ethyl adjacent to an activating group) is 2. The molecule has 0 bridgehead atoms. The van der Waals surface area contributed by atoms with Crippen molar-refractivity contribution in [3.63, 3.8) is 0 Å². The third-order valence-electron chi connectivity index (χ3n) is 17.4. The molecule has 0 N–H and O–H groups in total. The van der Waals surface area contributed by atoms with Crippen LogP contribution in [0.2, 0.25) is 0 Å². The molecule has 8 heterocycles. The Kier molecular flexibility index (Phi) is 4.96. The lowest BCUT2D eigenvalue weighted by Crippen LogP contribution is -2.72. The SMILES string of the molecule is CC[C@@]12CC[C@@H]3N(C)c4ccc(C[C@]56CC[C@]7(CC)[C@@H]8O[C@@H]8CN8CC[C@]5(c5ccccc5N6C)[C@@H]87)cc4[C@@]34CCN(C[C@H]3O[C@H]31)[C@@H]24. The fourth-order valence-electron chi connectivity index (χ4n) is 15.8. The molecule has 0 radical (unpaired) electrons. The standard InChI is InChI=1S/C41H52N4O2/c1-5-37-14-13-32-40(17-19-44(35(37)40)23-30-33(37)46-30)27-21-25(11-12-28(27)42(32)3)22-39-16-15-38(6-2)34-31(47-34)24-45-20-18-41(39,36(38)45)26-9-7-8-10-29(26)43(39)4/h7-12,21,30-36H,5-6,13-20,22-24H2,1-4H3/t30-,31-,32+,33-,34-,35+,36+,37-,38-,39-,40+,41+/m1/s1. The predicted molar refractivity (Wildman–Crippen MR) is 184 cm³/mol. The molecule has 2 aliphatic carbocycles. The molecule has 2 aromatic rings. The summed E-state index contributed by atoms with van der Waals surface area (Å²) in [4.78, 5) is 11.3. The van der Waals surface area contributed by atoms with Crippen molar-refractivity contribution < 1.29 is 9.47 Å². The van der Waals surface area contributed by atoms with Gasteiger partial charge in [-0.2, -0.15) is 0 Å². The number of fused-ring (bicyclic) bond motifs is 6. The number of benzene rings is 2. The van der Waals surface area contributed by atoms with Gasteiger partial charge in [0, 0.05) is 78.3 Å². The Morgan fingerprint density at radius 1 is 0.745 bits per heavy atom. The molecule has 2 saturated carbocycles. The summed E-state index contributed by atoms with van der Waals surface area (Å²) in [6, 6.07) is 19.3. The maximum atomic E-state index is 6.54. The van der Waals surface area contributed by atoms with Gasteiger partial charge in [-0.05, 0) is 99.7 Å². The zero-order valence-corrected chi connectivity index (χ0v) is 28.9. The Hall–Kier alpha value is -2.12. The summed E-state index contributed by atoms with van der Waals surface area (Å²) >= 11 is 0. The second kappa shape index (κ2) is 8.42. The number of hydrogen-bond acceptors (Lipinski definition) is 6. The average Bonchev–Trinajstić information content (AvgIpc) is 3.95. The lowest BCUT2D eigenvalue weighted by molar-refractivity contribution is -0.0514. The van der Waals surface area contributed by atoms with Crippen LogP contribution in [0.15, 0.2) is 42.5 Å². The highest BCUT2D eigenvalue weighted by atomic mass is 16.6. The van der Waals surface area contributed by atoms with Gasteiger partial charge in [-0.25, -0.2) is 0 Å². The van der Waals surface area contributed by atoms with E-state index in [2.05, 4.69) is 90.0 Å². The van der Waals surface area contributed by atoms with E-state index in [-0.39, 0.29) is 21.8 Å². The first-order valence-corrected chi connectivity index (χ1v) is 19.4. The summed E-state index contributed by atoms with van der Waals surface area (Å²) in [7, 11) is 4.88. The second-order valence-corrected chi connectivity index (χ2v) is 18.0. The van der Waals surface area contributed by atoms with Crippen molar-refractivity contribution in [2.24, 2.45) is 10.8 Å². The molecule has 10 aliphatic rings. The molecule has 47 heavy (non-hydrogen) atoms. The second-order valence-electron chi connectivity index (χ2n) is 18.0. The highest BCUT2D eigenvalue weighted by molar-refractivity contribution is 5.71. The van der Waals surface area contributed by atoms with Crippen molar-refractivity contribution in [2.45, 2.75) is 131 Å². The molecule has 0 unspecified atom stereocenters. The van der Waals surface area contributed by atoms with E-state index in [4.69, 9.17) is 9.47 Å². The average molecular weight is 633 g/mol. The zero-order chi connectivity index (χ0) is 31.3. The Bertz CT molecular complexity index is 1730. The van der Waals surface area contributed by atoms with E-state index >= 15 is 0 Å². The van der Waals surface area contributed by atoms with Crippen molar-refractivity contribution in [3.8, 4) is 0 Å². The molecule has 6 heteroatoms. The third kappa shape index (κ3) is 2.76. The zero-order valence-electron chi connectivity index (χ0n) is 28.9. The number of epoxide rings is 2. The topological polar surface area (TPSA) is 38.0 Å². The van der Waals surface area contributed by atoms with Crippen LogP contribution in [0.4, 0.5) is 11.4 Å². The van der Waals surface area contributed by atoms with Gasteiger partial charge < -0.3 is 19.3 Å². The monoisotopic (exact) mass is 632 g/mol. The molecule has 6 saturated heterocycles. The highest BCUT2D eigenvalue weighted by Gasteiger charge is 2.79. The molecular formula is C41H52N4O2. The first kappa shape index (κ1) is 27.7. The van der Waals surface area contributed by atoms with Crippen molar-refractivity contribution in [1.29, 1.82) is 0 Å². The van der Waals surface area contributed by atoms with E-state index in [0.29, 0.717) is 48.0 Å². The number of nitrogens with zero attached hydrogens (tertiary/aromatic N) is 4. The molecule has 0 aromatic heterocycles. The number of hydrogen-bond donors (Lipinski definition) is 0. The summed E-state index contributed by atoms with van der Waals surface area (Å²) in [5.41, 5.74) is 8.94. The largest absolute Gasteiger partial charge is 0.370 e. The predicted octanol–water partition coefficient (Wildman–Crippen LogP) is 5.50. The summed E-state index contributed by atoms with van der Waals surface area (Å²) in [6.45, 7) is 9.69. The van der Waals surface area contributed by atoms with Crippen molar-refractivity contribution in [3.05, 3.63) is 59.2 Å². The fourth-order valence-corrected chi connectivity index (χ4v) is 15.8. The van der Waals surface area contributed by atoms with Crippen LogP contribution in [0.5, 0.6) is 0 Å². The van der Waals surface area contributed by atoms with Gasteiger partial charge in [0.05, 0.1) is 30.0 Å². The smallest absolute Gasteiger partial charge is 0.0974 e. The molecule has 2 spiro atoms. The number of rotatable bonds is 4. The van der Waals surface area contributed by atoms with E-state index in [1.54, 1.807) is 16.7 Å². The van der Waals surface area contributed by atoms with Gasteiger partial charge in [0.2, 0.25) is 0 Å². The van der Waals surface area contributed by atoms with Crippen molar-refractivity contribution in [2.75, 3.05) is 50.1 Å². The van der Waals surface area contributed by atoms with Crippen LogP contribution in [0.25, 0.3) is 0 Å². The van der Waals surface area contributed by atoms with Gasteiger partial charge in [-0.3, -0.25) is 9.80 Å². The Morgan fingerprint density at radius 2 is 1.47 bits per heavy atom. The van der Waals surface area contributed by atoms with Crippen LogP contribution in [-0.4, -0.2) is 98.2 Å². The maximum absolute atomic E-state index is 6.54. The summed E-state index contributed by atoms with van der Waals surface area (Å²) < 4.78 is 13.0. The molecular weight excluding hydrogens is 580 g/mol. The van der Waals surface area contributed by atoms with Gasteiger partial charge in [0.15, 0.2) is 0 Å². The van der Waals surface area contributed by atoms with Crippen LogP contribution in [-0.2, 0) is 26.7 Å². The summed E-state index contributed by atoms with van der Waals surface area (Å²) in [5, 5.41) is 0. The minimum Gasteiger partial charge on any atom is -0.370 e. The minimum absolute atomic E-state index is 0.0771.